The quantitative estimate of drug-likeness (QED) is 0.862. The van der Waals surface area contributed by atoms with Crippen LogP contribution in [0.3, 0.4) is 0 Å². The summed E-state index contributed by atoms with van der Waals surface area (Å²) in [6, 6.07) is 5.03. The van der Waals surface area contributed by atoms with Crippen molar-refractivity contribution in [2.45, 2.75) is 6.42 Å². The van der Waals surface area contributed by atoms with Gasteiger partial charge in [0.2, 0.25) is 0 Å². The Morgan fingerprint density at radius 2 is 2.32 bits per heavy atom. The van der Waals surface area contributed by atoms with Crippen molar-refractivity contribution in [3.8, 4) is 0 Å². The summed E-state index contributed by atoms with van der Waals surface area (Å²) in [5.41, 5.74) is 6.74. The molecule has 1 aliphatic heterocycles. The van der Waals surface area contributed by atoms with Crippen molar-refractivity contribution < 1.29 is 4.79 Å². The van der Waals surface area contributed by atoms with Crippen LogP contribution in [0.2, 0.25) is 5.02 Å². The molecule has 1 atom stereocenters. The van der Waals surface area contributed by atoms with Gasteiger partial charge in [-0.2, -0.15) is 0 Å². The zero-order valence-corrected chi connectivity index (χ0v) is 12.2. The molecular weight excluding hydrogens is 262 g/mol. The Bertz CT molecular complexity index is 478. The molecule has 0 radical (unpaired) electrons. The number of benzene rings is 1. The Balaban J connectivity index is 2.00. The van der Waals surface area contributed by atoms with Crippen LogP contribution in [0.25, 0.3) is 0 Å². The Labute approximate surface area is 119 Å². The highest BCUT2D eigenvalue weighted by Gasteiger charge is 2.23. The molecule has 0 saturated carbocycles. The number of rotatable bonds is 3. The van der Waals surface area contributed by atoms with Crippen LogP contribution in [0.15, 0.2) is 18.2 Å². The monoisotopic (exact) mass is 281 g/mol. The molecule has 19 heavy (non-hydrogen) atoms. The van der Waals surface area contributed by atoms with Crippen LogP contribution in [0, 0.1) is 5.92 Å². The molecular formula is C14H20ClN3O. The number of halogens is 1. The third kappa shape index (κ3) is 3.39. The van der Waals surface area contributed by atoms with Gasteiger partial charge in [0, 0.05) is 25.7 Å². The minimum atomic E-state index is -0.00328. The van der Waals surface area contributed by atoms with Gasteiger partial charge < -0.3 is 15.5 Å². The van der Waals surface area contributed by atoms with Crippen LogP contribution in [0.4, 0.5) is 5.69 Å². The van der Waals surface area contributed by atoms with Crippen LogP contribution in [-0.4, -0.2) is 49.4 Å². The third-order valence-electron chi connectivity index (χ3n) is 3.62. The van der Waals surface area contributed by atoms with E-state index in [4.69, 9.17) is 17.3 Å². The standard InChI is InChI=1S/C14H20ClN3O/c1-17-6-5-10(8-17)9-18(2)14(19)11-3-4-13(16)12(15)7-11/h3-4,7,10H,5-6,8-9,16H2,1-2H3. The fraction of sp³-hybridized carbons (Fsp3) is 0.500. The van der Waals surface area contributed by atoms with Gasteiger partial charge in [-0.05, 0) is 44.1 Å². The summed E-state index contributed by atoms with van der Waals surface area (Å²) in [6.45, 7) is 2.95. The van der Waals surface area contributed by atoms with E-state index in [-0.39, 0.29) is 5.91 Å². The number of likely N-dealkylation sites (tertiary alicyclic amines) is 1. The highest BCUT2D eigenvalue weighted by Crippen LogP contribution is 2.21. The lowest BCUT2D eigenvalue weighted by molar-refractivity contribution is 0.0774. The molecule has 0 aromatic heterocycles. The van der Waals surface area contributed by atoms with Gasteiger partial charge in [-0.3, -0.25) is 4.79 Å². The van der Waals surface area contributed by atoms with Gasteiger partial charge in [-0.15, -0.1) is 0 Å². The first kappa shape index (κ1) is 14.2. The maximum absolute atomic E-state index is 12.3. The summed E-state index contributed by atoms with van der Waals surface area (Å²) in [6.07, 6.45) is 1.15. The average Bonchev–Trinajstić information content (AvgIpc) is 2.77. The number of anilines is 1. The number of nitrogens with zero attached hydrogens (tertiary/aromatic N) is 2. The number of amides is 1. The number of carbonyl (C=O) groups is 1. The summed E-state index contributed by atoms with van der Waals surface area (Å²) >= 11 is 5.95. The molecule has 5 heteroatoms. The van der Waals surface area contributed by atoms with Crippen molar-refractivity contribution in [2.75, 3.05) is 39.5 Å². The molecule has 0 spiro atoms. The van der Waals surface area contributed by atoms with Crippen molar-refractivity contribution in [3.05, 3.63) is 28.8 Å². The molecule has 1 aromatic rings. The van der Waals surface area contributed by atoms with E-state index in [1.807, 2.05) is 7.05 Å². The van der Waals surface area contributed by atoms with Crippen LogP contribution < -0.4 is 5.73 Å². The first-order valence-electron chi connectivity index (χ1n) is 6.46. The molecule has 4 nitrogen and oxygen atoms in total. The zero-order chi connectivity index (χ0) is 14.0. The largest absolute Gasteiger partial charge is 0.398 e. The van der Waals surface area contributed by atoms with Gasteiger partial charge in [0.05, 0.1) is 10.7 Å². The van der Waals surface area contributed by atoms with E-state index >= 15 is 0 Å². The fourth-order valence-corrected chi connectivity index (χ4v) is 2.71. The first-order chi connectivity index (χ1) is 8.97. The van der Waals surface area contributed by atoms with Crippen molar-refractivity contribution in [1.29, 1.82) is 0 Å². The van der Waals surface area contributed by atoms with E-state index in [9.17, 15) is 4.79 Å². The average molecular weight is 282 g/mol. The lowest BCUT2D eigenvalue weighted by atomic mass is 10.1. The number of nitrogens with two attached hydrogens (primary N) is 1. The van der Waals surface area contributed by atoms with E-state index in [2.05, 4.69) is 11.9 Å². The number of carbonyl (C=O) groups excluding carboxylic acids is 1. The van der Waals surface area contributed by atoms with Crippen molar-refractivity contribution in [3.63, 3.8) is 0 Å². The van der Waals surface area contributed by atoms with E-state index in [0.29, 0.717) is 22.2 Å². The van der Waals surface area contributed by atoms with Crippen molar-refractivity contribution in [1.82, 2.24) is 9.80 Å². The second kappa shape index (κ2) is 5.80. The van der Waals surface area contributed by atoms with Crippen molar-refractivity contribution in [2.24, 2.45) is 5.92 Å². The minimum absolute atomic E-state index is 0.00328. The van der Waals surface area contributed by atoms with E-state index in [1.54, 1.807) is 23.1 Å². The third-order valence-corrected chi connectivity index (χ3v) is 3.94. The smallest absolute Gasteiger partial charge is 0.253 e. The molecule has 0 aliphatic carbocycles. The summed E-state index contributed by atoms with van der Waals surface area (Å²) in [7, 11) is 3.95. The second-order valence-corrected chi connectivity index (χ2v) is 5.75. The van der Waals surface area contributed by atoms with Crippen LogP contribution >= 0.6 is 11.6 Å². The van der Waals surface area contributed by atoms with E-state index in [1.165, 1.54) is 0 Å². The van der Waals surface area contributed by atoms with E-state index < -0.39 is 0 Å². The number of hydrogen-bond donors (Lipinski definition) is 1. The predicted octanol–water partition coefficient (Wildman–Crippen LogP) is 1.95. The molecule has 1 aliphatic rings. The molecule has 2 rings (SSSR count). The lowest BCUT2D eigenvalue weighted by Gasteiger charge is -2.21. The normalized spacial score (nSPS) is 19.6. The van der Waals surface area contributed by atoms with Crippen molar-refractivity contribution >= 4 is 23.2 Å². The Morgan fingerprint density at radius 1 is 1.58 bits per heavy atom. The topological polar surface area (TPSA) is 49.6 Å². The van der Waals surface area contributed by atoms with Crippen LogP contribution in [0.1, 0.15) is 16.8 Å². The highest BCUT2D eigenvalue weighted by atomic mass is 35.5. The molecule has 1 fully saturated rings. The molecule has 1 saturated heterocycles. The first-order valence-corrected chi connectivity index (χ1v) is 6.84. The maximum Gasteiger partial charge on any atom is 0.253 e. The minimum Gasteiger partial charge on any atom is -0.398 e. The predicted molar refractivity (Wildman–Crippen MR) is 78.4 cm³/mol. The molecule has 1 aromatic carbocycles. The van der Waals surface area contributed by atoms with Gasteiger partial charge in [0.25, 0.3) is 5.91 Å². The second-order valence-electron chi connectivity index (χ2n) is 5.34. The van der Waals surface area contributed by atoms with E-state index in [0.717, 1.165) is 26.1 Å². The number of hydrogen-bond acceptors (Lipinski definition) is 3. The summed E-state index contributed by atoms with van der Waals surface area (Å²) in [5.74, 6) is 0.555. The Kier molecular flexibility index (Phi) is 4.32. The molecule has 104 valence electrons. The van der Waals surface area contributed by atoms with Crippen LogP contribution in [-0.2, 0) is 0 Å². The van der Waals surface area contributed by atoms with Crippen LogP contribution in [0.5, 0.6) is 0 Å². The Hall–Kier alpha value is -1.26. The molecule has 1 unspecified atom stereocenters. The fourth-order valence-electron chi connectivity index (χ4n) is 2.53. The molecule has 0 bridgehead atoms. The Morgan fingerprint density at radius 3 is 2.89 bits per heavy atom. The molecule has 1 amide bonds. The molecule has 1 heterocycles. The van der Waals surface area contributed by atoms with Gasteiger partial charge in [-0.1, -0.05) is 11.6 Å². The SMILES string of the molecule is CN1CCC(CN(C)C(=O)c2ccc(N)c(Cl)c2)C1. The van der Waals surface area contributed by atoms with Gasteiger partial charge >= 0.3 is 0 Å². The van der Waals surface area contributed by atoms with Gasteiger partial charge in [0.15, 0.2) is 0 Å². The summed E-state index contributed by atoms with van der Waals surface area (Å²) < 4.78 is 0. The zero-order valence-electron chi connectivity index (χ0n) is 11.4. The lowest BCUT2D eigenvalue weighted by Crippen LogP contribution is -2.32. The van der Waals surface area contributed by atoms with Gasteiger partial charge in [-0.25, -0.2) is 0 Å². The maximum atomic E-state index is 12.3. The molecule has 2 N–H and O–H groups in total. The highest BCUT2D eigenvalue weighted by molar-refractivity contribution is 6.33. The summed E-state index contributed by atoms with van der Waals surface area (Å²) in [5, 5.41) is 0.430. The summed E-state index contributed by atoms with van der Waals surface area (Å²) in [4.78, 5) is 16.4. The number of nitrogen functional groups attached to an aromatic ring is 1. The van der Waals surface area contributed by atoms with Gasteiger partial charge in [0.1, 0.15) is 0 Å².